The minimum absolute atomic E-state index is 0.0506. The summed E-state index contributed by atoms with van der Waals surface area (Å²) in [4.78, 5) is 11.6. The number of benzene rings is 1. The Hall–Kier alpha value is -1.61. The Morgan fingerprint density at radius 2 is 2.00 bits per heavy atom. The summed E-state index contributed by atoms with van der Waals surface area (Å²) in [5, 5.41) is 0. The molecule has 0 fully saturated rings. The van der Waals surface area contributed by atoms with Crippen molar-refractivity contribution in [3.05, 3.63) is 47.5 Å². The van der Waals surface area contributed by atoms with Crippen molar-refractivity contribution in [3.8, 4) is 0 Å². The quantitative estimate of drug-likeness (QED) is 0.774. The van der Waals surface area contributed by atoms with Crippen molar-refractivity contribution in [3.63, 3.8) is 0 Å². The molecule has 0 spiro atoms. The Kier molecular flexibility index (Phi) is 5.18. The highest BCUT2D eigenvalue weighted by Gasteiger charge is 2.35. The van der Waals surface area contributed by atoms with Gasteiger partial charge >= 0.3 is 5.97 Å². The van der Waals surface area contributed by atoms with Gasteiger partial charge in [-0.1, -0.05) is 50.3 Å². The monoisotopic (exact) mass is 288 g/mol. The van der Waals surface area contributed by atoms with Crippen molar-refractivity contribution >= 4 is 5.97 Å². The molecule has 1 aromatic rings. The maximum absolute atomic E-state index is 11.6. The lowest BCUT2D eigenvalue weighted by molar-refractivity contribution is -0.136. The Balaban J connectivity index is 1.89. The fraction of sp³-hybridized carbons (Fsp3) is 0.500. The Bertz CT molecular complexity index is 502. The van der Waals surface area contributed by atoms with Crippen LogP contribution in [-0.2, 0) is 20.9 Å². The molecule has 0 aromatic heterocycles. The van der Waals surface area contributed by atoms with Crippen molar-refractivity contribution in [1.29, 1.82) is 0 Å². The molecule has 0 N–H and O–H groups in total. The fourth-order valence-corrected chi connectivity index (χ4v) is 2.78. The third-order valence-corrected chi connectivity index (χ3v) is 4.28. The molecule has 0 heterocycles. The number of allylic oxidation sites excluding steroid dienone is 1. The van der Waals surface area contributed by atoms with Gasteiger partial charge in [-0.3, -0.25) is 0 Å². The minimum Gasteiger partial charge on any atom is -0.466 e. The number of ether oxygens (including phenoxy) is 2. The SMILES string of the molecule is COC(=O)C1=CCC(COCc2ccccc2)C(C)(C)C1. The van der Waals surface area contributed by atoms with Crippen LogP contribution >= 0.6 is 0 Å². The van der Waals surface area contributed by atoms with Crippen LogP contribution in [0.15, 0.2) is 42.0 Å². The van der Waals surface area contributed by atoms with E-state index >= 15 is 0 Å². The third-order valence-electron chi connectivity index (χ3n) is 4.28. The normalized spacial score (nSPS) is 20.7. The molecule has 0 amide bonds. The number of carbonyl (C=O) groups excluding carboxylic acids is 1. The second kappa shape index (κ2) is 6.90. The molecule has 1 aliphatic carbocycles. The zero-order valence-electron chi connectivity index (χ0n) is 13.1. The fourth-order valence-electron chi connectivity index (χ4n) is 2.78. The van der Waals surface area contributed by atoms with Crippen LogP contribution in [0.1, 0.15) is 32.3 Å². The van der Waals surface area contributed by atoms with E-state index in [1.54, 1.807) is 0 Å². The number of carbonyl (C=O) groups is 1. The standard InChI is InChI=1S/C18H24O3/c1-18(2)11-15(17(19)20-3)9-10-16(18)13-21-12-14-7-5-4-6-8-14/h4-9,16H,10-13H2,1-3H3. The number of hydrogen-bond acceptors (Lipinski definition) is 3. The van der Waals surface area contributed by atoms with Gasteiger partial charge in [0.25, 0.3) is 0 Å². The van der Waals surface area contributed by atoms with E-state index in [0.717, 1.165) is 18.4 Å². The van der Waals surface area contributed by atoms with E-state index in [1.807, 2.05) is 24.3 Å². The van der Waals surface area contributed by atoms with Gasteiger partial charge in [0.05, 0.1) is 20.3 Å². The van der Waals surface area contributed by atoms with Gasteiger partial charge in [0.15, 0.2) is 0 Å². The van der Waals surface area contributed by atoms with Crippen LogP contribution in [-0.4, -0.2) is 19.7 Å². The summed E-state index contributed by atoms with van der Waals surface area (Å²) in [5.41, 5.74) is 2.04. The molecule has 21 heavy (non-hydrogen) atoms. The molecule has 3 nitrogen and oxygen atoms in total. The molecule has 114 valence electrons. The van der Waals surface area contributed by atoms with E-state index in [9.17, 15) is 4.79 Å². The Labute approximate surface area is 127 Å². The molecule has 2 rings (SSSR count). The van der Waals surface area contributed by atoms with E-state index in [2.05, 4.69) is 26.0 Å². The Morgan fingerprint density at radius 3 is 2.62 bits per heavy atom. The summed E-state index contributed by atoms with van der Waals surface area (Å²) < 4.78 is 10.7. The summed E-state index contributed by atoms with van der Waals surface area (Å²) in [6, 6.07) is 10.2. The first-order chi connectivity index (χ1) is 10.0. The van der Waals surface area contributed by atoms with Gasteiger partial charge in [-0.2, -0.15) is 0 Å². The molecule has 0 aliphatic heterocycles. The van der Waals surface area contributed by atoms with Gasteiger partial charge < -0.3 is 9.47 Å². The van der Waals surface area contributed by atoms with Crippen LogP contribution in [0.2, 0.25) is 0 Å². The molecule has 0 saturated carbocycles. The minimum atomic E-state index is -0.202. The predicted octanol–water partition coefficient (Wildman–Crippen LogP) is 3.74. The summed E-state index contributed by atoms with van der Waals surface area (Å²) in [7, 11) is 1.44. The lowest BCUT2D eigenvalue weighted by Gasteiger charge is -2.37. The number of methoxy groups -OCH3 is 1. The molecule has 0 radical (unpaired) electrons. The number of esters is 1. The van der Waals surface area contributed by atoms with Gasteiger partial charge in [-0.15, -0.1) is 0 Å². The van der Waals surface area contributed by atoms with Crippen LogP contribution < -0.4 is 0 Å². The van der Waals surface area contributed by atoms with Gasteiger partial charge in [-0.25, -0.2) is 4.79 Å². The molecule has 1 unspecified atom stereocenters. The largest absolute Gasteiger partial charge is 0.466 e. The molecule has 1 atom stereocenters. The van der Waals surface area contributed by atoms with Gasteiger partial charge in [-0.05, 0) is 29.7 Å². The van der Waals surface area contributed by atoms with Crippen molar-refractivity contribution in [2.45, 2.75) is 33.3 Å². The van der Waals surface area contributed by atoms with Crippen molar-refractivity contribution in [2.24, 2.45) is 11.3 Å². The summed E-state index contributed by atoms with van der Waals surface area (Å²) in [5.74, 6) is 0.223. The van der Waals surface area contributed by atoms with Crippen molar-refractivity contribution in [2.75, 3.05) is 13.7 Å². The summed E-state index contributed by atoms with van der Waals surface area (Å²) in [6.07, 6.45) is 3.62. The van der Waals surface area contributed by atoms with Crippen LogP contribution in [0.25, 0.3) is 0 Å². The van der Waals surface area contributed by atoms with Crippen LogP contribution in [0, 0.1) is 11.3 Å². The van der Waals surface area contributed by atoms with E-state index in [4.69, 9.17) is 9.47 Å². The zero-order valence-corrected chi connectivity index (χ0v) is 13.1. The first kappa shape index (κ1) is 15.8. The molecule has 1 aliphatic rings. The maximum Gasteiger partial charge on any atom is 0.333 e. The van der Waals surface area contributed by atoms with Crippen LogP contribution in [0.3, 0.4) is 0 Å². The maximum atomic E-state index is 11.6. The van der Waals surface area contributed by atoms with E-state index in [0.29, 0.717) is 19.1 Å². The van der Waals surface area contributed by atoms with Gasteiger partial charge in [0.1, 0.15) is 0 Å². The van der Waals surface area contributed by atoms with E-state index in [-0.39, 0.29) is 11.4 Å². The second-order valence-corrected chi connectivity index (χ2v) is 6.32. The molecule has 3 heteroatoms. The lowest BCUT2D eigenvalue weighted by Crippen LogP contribution is -2.32. The first-order valence-corrected chi connectivity index (χ1v) is 7.42. The number of hydrogen-bond donors (Lipinski definition) is 0. The predicted molar refractivity (Wildman–Crippen MR) is 82.7 cm³/mol. The van der Waals surface area contributed by atoms with Gasteiger partial charge in [0.2, 0.25) is 0 Å². The van der Waals surface area contributed by atoms with E-state index < -0.39 is 0 Å². The summed E-state index contributed by atoms with van der Waals surface area (Å²) in [6.45, 7) is 5.74. The van der Waals surface area contributed by atoms with Crippen LogP contribution in [0.4, 0.5) is 0 Å². The average Bonchev–Trinajstić information content (AvgIpc) is 2.48. The zero-order chi connectivity index (χ0) is 15.3. The Morgan fingerprint density at radius 1 is 1.29 bits per heavy atom. The van der Waals surface area contributed by atoms with Crippen LogP contribution in [0.5, 0.6) is 0 Å². The topological polar surface area (TPSA) is 35.5 Å². The summed E-state index contributed by atoms with van der Waals surface area (Å²) >= 11 is 0. The smallest absolute Gasteiger partial charge is 0.333 e. The molecular weight excluding hydrogens is 264 g/mol. The first-order valence-electron chi connectivity index (χ1n) is 7.42. The molecule has 0 saturated heterocycles. The average molecular weight is 288 g/mol. The molecular formula is C18H24O3. The highest BCUT2D eigenvalue weighted by Crippen LogP contribution is 2.40. The van der Waals surface area contributed by atoms with Gasteiger partial charge in [0, 0.05) is 5.57 Å². The highest BCUT2D eigenvalue weighted by molar-refractivity contribution is 5.88. The second-order valence-electron chi connectivity index (χ2n) is 6.32. The highest BCUT2D eigenvalue weighted by atomic mass is 16.5. The number of rotatable bonds is 5. The van der Waals surface area contributed by atoms with Crippen molar-refractivity contribution < 1.29 is 14.3 Å². The third kappa shape index (κ3) is 4.18. The van der Waals surface area contributed by atoms with E-state index in [1.165, 1.54) is 12.7 Å². The van der Waals surface area contributed by atoms with Crippen molar-refractivity contribution in [1.82, 2.24) is 0 Å². The molecule has 0 bridgehead atoms. The molecule has 1 aromatic carbocycles. The lowest BCUT2D eigenvalue weighted by atomic mass is 9.69.